The summed E-state index contributed by atoms with van der Waals surface area (Å²) in [5, 5.41) is 4.05. The van der Waals surface area contributed by atoms with E-state index in [2.05, 4.69) is 99.4 Å². The van der Waals surface area contributed by atoms with Crippen molar-refractivity contribution in [1.29, 1.82) is 0 Å². The molecular formula is C29H25IrNPS-. The number of nitrogens with zero attached hydrogens (tertiary/aromatic N) is 1. The number of pyridine rings is 1. The summed E-state index contributed by atoms with van der Waals surface area (Å²) >= 11 is 6.80. The van der Waals surface area contributed by atoms with Gasteiger partial charge in [0.1, 0.15) is 0 Å². The molecule has 0 spiro atoms. The Labute approximate surface area is 215 Å². The summed E-state index contributed by atoms with van der Waals surface area (Å²) < 4.78 is 0. The summed E-state index contributed by atoms with van der Waals surface area (Å²) in [5.74, 6) is 0. The molecule has 2 aliphatic heterocycles. The fourth-order valence-corrected chi connectivity index (χ4v) is 11.3. The number of rotatable bonds is 1. The topological polar surface area (TPSA) is 12.9 Å². The van der Waals surface area contributed by atoms with Crippen molar-refractivity contribution < 1.29 is 20.1 Å². The Morgan fingerprint density at radius 1 is 0.758 bits per heavy atom. The van der Waals surface area contributed by atoms with Crippen molar-refractivity contribution in [2.24, 2.45) is 0 Å². The fraction of sp³-hybridized carbons (Fsp3) is 0.207. The number of fused-ring (bicyclic) bond motifs is 4. The molecule has 6 rings (SSSR count). The quantitative estimate of drug-likeness (QED) is 0.199. The van der Waals surface area contributed by atoms with Crippen LogP contribution in [0.25, 0.3) is 11.3 Å². The zero-order valence-corrected chi connectivity index (χ0v) is 23.2. The second-order valence-corrected chi connectivity index (χ2v) is 14.2. The van der Waals surface area contributed by atoms with Crippen LogP contribution in [0.3, 0.4) is 0 Å². The number of hydrogen-bond acceptors (Lipinski definition) is 2. The molecule has 4 aromatic rings. The van der Waals surface area contributed by atoms with Gasteiger partial charge in [-0.25, -0.2) is 0 Å². The number of hydrogen-bond donors (Lipinski definition) is 0. The molecule has 1 radical (unpaired) electrons. The minimum Gasteiger partial charge on any atom is -0.305 e. The van der Waals surface area contributed by atoms with E-state index in [0.29, 0.717) is 0 Å². The predicted molar refractivity (Wildman–Crippen MR) is 139 cm³/mol. The minimum absolute atomic E-state index is 0. The van der Waals surface area contributed by atoms with Gasteiger partial charge in [-0.05, 0) is 44.3 Å². The monoisotopic (exact) mass is 643 g/mol. The van der Waals surface area contributed by atoms with Crippen LogP contribution in [0, 0.1) is 6.07 Å². The molecule has 0 saturated heterocycles. The Morgan fingerprint density at radius 2 is 1.33 bits per heavy atom. The van der Waals surface area contributed by atoms with E-state index in [1.165, 1.54) is 38.2 Å². The summed E-state index contributed by atoms with van der Waals surface area (Å²) in [6.45, 7) is 9.34. The van der Waals surface area contributed by atoms with Gasteiger partial charge in [0.15, 0.2) is 0 Å². The van der Waals surface area contributed by atoms with Gasteiger partial charge in [0.25, 0.3) is 0 Å². The van der Waals surface area contributed by atoms with Crippen molar-refractivity contribution in [3.05, 3.63) is 107 Å². The van der Waals surface area contributed by atoms with Gasteiger partial charge >= 0.3 is 0 Å². The van der Waals surface area contributed by atoms with E-state index in [9.17, 15) is 0 Å². The van der Waals surface area contributed by atoms with Crippen LogP contribution in [0.5, 0.6) is 0 Å². The second-order valence-electron chi connectivity index (χ2n) is 9.93. The molecule has 0 fully saturated rings. The van der Waals surface area contributed by atoms with Gasteiger partial charge in [-0.15, -0.1) is 28.8 Å². The van der Waals surface area contributed by atoms with Gasteiger partial charge in [-0.3, -0.25) is 0 Å². The second kappa shape index (κ2) is 7.56. The number of benzene rings is 3. The average Bonchev–Trinajstić information content (AvgIpc) is 2.82. The molecule has 0 N–H and O–H groups in total. The number of aromatic nitrogens is 1. The van der Waals surface area contributed by atoms with Crippen LogP contribution in [0.15, 0.2) is 79.0 Å². The Hall–Kier alpha value is -1.89. The molecule has 3 aromatic carbocycles. The Bertz CT molecular complexity index is 1370. The Balaban J connectivity index is 0.00000228. The predicted octanol–water partition coefficient (Wildman–Crippen LogP) is 5.58. The Kier molecular flexibility index (Phi) is 5.24. The largest absolute Gasteiger partial charge is 0.305 e. The smallest absolute Gasteiger partial charge is 0.0160 e. The molecule has 167 valence electrons. The van der Waals surface area contributed by atoms with Crippen molar-refractivity contribution in [1.82, 2.24) is 4.98 Å². The molecule has 33 heavy (non-hydrogen) atoms. The maximum atomic E-state index is 6.80. The maximum absolute atomic E-state index is 6.80. The molecule has 1 unspecified atom stereocenters. The van der Waals surface area contributed by atoms with Crippen LogP contribution in [-0.2, 0) is 42.7 Å². The van der Waals surface area contributed by atoms with Gasteiger partial charge in [0.2, 0.25) is 0 Å². The SMILES string of the molecule is CC1(C)c2[c-]c(-c3ccccn3)cc3c2P(=S)(c2ccccc21)c1ccccc1C3(C)C.[Ir]. The van der Waals surface area contributed by atoms with E-state index in [1.54, 1.807) is 0 Å². The van der Waals surface area contributed by atoms with Crippen molar-refractivity contribution in [2.45, 2.75) is 38.5 Å². The van der Waals surface area contributed by atoms with E-state index >= 15 is 0 Å². The third-order valence-electron chi connectivity index (χ3n) is 7.43. The van der Waals surface area contributed by atoms with Crippen molar-refractivity contribution in [2.75, 3.05) is 0 Å². The summed E-state index contributed by atoms with van der Waals surface area (Å²) in [6.07, 6.45) is 1.86. The van der Waals surface area contributed by atoms with E-state index in [-0.39, 0.29) is 30.9 Å². The molecule has 3 heterocycles. The molecule has 1 nitrogen and oxygen atoms in total. The summed E-state index contributed by atoms with van der Waals surface area (Å²) in [7, 11) is 0. The van der Waals surface area contributed by atoms with Gasteiger partial charge in [-0.1, -0.05) is 105 Å². The van der Waals surface area contributed by atoms with Gasteiger partial charge in [0, 0.05) is 32.3 Å². The van der Waals surface area contributed by atoms with Crippen LogP contribution in [0.1, 0.15) is 49.9 Å². The first-order valence-corrected chi connectivity index (χ1v) is 13.9. The Morgan fingerprint density at radius 3 is 1.94 bits per heavy atom. The van der Waals surface area contributed by atoms with E-state index in [0.717, 1.165) is 11.3 Å². The summed E-state index contributed by atoms with van der Waals surface area (Å²) in [6, 6.07) is 27.8. The molecule has 1 aromatic heterocycles. The molecule has 0 bridgehead atoms. The first kappa shape index (κ1) is 22.9. The molecule has 4 heteroatoms. The molecule has 1 atom stereocenters. The van der Waals surface area contributed by atoms with Crippen LogP contribution in [0.2, 0.25) is 0 Å². The van der Waals surface area contributed by atoms with Crippen LogP contribution in [-0.4, -0.2) is 4.98 Å². The summed E-state index contributed by atoms with van der Waals surface area (Å²) in [5.41, 5.74) is 6.97. The molecule has 2 aliphatic rings. The van der Waals surface area contributed by atoms with Crippen LogP contribution < -0.4 is 15.9 Å². The van der Waals surface area contributed by atoms with Crippen molar-refractivity contribution in [3.8, 4) is 11.3 Å². The van der Waals surface area contributed by atoms with Crippen LogP contribution in [0.4, 0.5) is 0 Å². The van der Waals surface area contributed by atoms with E-state index < -0.39 is 6.04 Å². The zero-order chi connectivity index (χ0) is 22.3. The first-order chi connectivity index (χ1) is 15.3. The summed E-state index contributed by atoms with van der Waals surface area (Å²) in [4.78, 5) is 4.66. The third-order valence-corrected chi connectivity index (χ3v) is 12.4. The van der Waals surface area contributed by atoms with Crippen LogP contribution >= 0.6 is 6.04 Å². The van der Waals surface area contributed by atoms with Crippen molar-refractivity contribution >= 4 is 33.8 Å². The normalized spacial score (nSPS) is 20.6. The standard InChI is InChI=1S/C29H25NPS.Ir/c1-28(2)20-11-5-7-14-25(20)31(32)26-15-8-6-12-21(26)29(3,4)23-18-19(17-22(28)27(23)31)24-13-9-10-16-30-24;/h5-17H,1-4H3;/q-1;. The molecule has 0 saturated carbocycles. The van der Waals surface area contributed by atoms with Crippen molar-refractivity contribution in [3.63, 3.8) is 0 Å². The van der Waals surface area contributed by atoms with Gasteiger partial charge < -0.3 is 4.98 Å². The maximum Gasteiger partial charge on any atom is 0.0160 e. The van der Waals surface area contributed by atoms with Gasteiger partial charge in [0.05, 0.1) is 0 Å². The first-order valence-electron chi connectivity index (χ1n) is 11.1. The molecule has 0 amide bonds. The molecule has 0 aliphatic carbocycles. The zero-order valence-electron chi connectivity index (χ0n) is 19.1. The minimum atomic E-state index is -2.20. The fourth-order valence-electron chi connectivity index (χ4n) is 5.70. The average molecular weight is 643 g/mol. The third kappa shape index (κ3) is 2.93. The molecular weight excluding hydrogens is 618 g/mol. The van der Waals surface area contributed by atoms with Gasteiger partial charge in [-0.2, -0.15) is 0 Å². The van der Waals surface area contributed by atoms with E-state index in [1.807, 2.05) is 18.3 Å². The van der Waals surface area contributed by atoms with E-state index in [4.69, 9.17) is 11.8 Å².